The van der Waals surface area contributed by atoms with Gasteiger partial charge in [0.05, 0.1) is 23.5 Å². The molecule has 5 rings (SSSR count). The quantitative estimate of drug-likeness (QED) is 0.476. The standard InChI is InChI=1S/C26H21N5O2/c1-17-21(7-5-14-27-17)25(32)29-20-12-10-18(11-13-20)26(33)31-16-19-6-4-15-28-24(19)30-22-8-2-3-9-23(22)31/h2-15H,16H2,1H3,(H,28,30)(H,29,32). The monoisotopic (exact) mass is 435 g/mol. The van der Waals surface area contributed by atoms with Crippen molar-refractivity contribution in [2.24, 2.45) is 0 Å². The van der Waals surface area contributed by atoms with Crippen LogP contribution in [0.4, 0.5) is 22.9 Å². The molecule has 0 bridgehead atoms. The number of pyridine rings is 2. The van der Waals surface area contributed by atoms with Crippen molar-refractivity contribution in [3.63, 3.8) is 0 Å². The maximum atomic E-state index is 13.5. The molecule has 0 saturated carbocycles. The van der Waals surface area contributed by atoms with Crippen LogP contribution in [0.1, 0.15) is 32.0 Å². The summed E-state index contributed by atoms with van der Waals surface area (Å²) in [6.07, 6.45) is 3.38. The van der Waals surface area contributed by atoms with Gasteiger partial charge in [0, 0.05) is 34.9 Å². The second-order valence-electron chi connectivity index (χ2n) is 7.71. The third-order valence-corrected chi connectivity index (χ3v) is 5.55. The Morgan fingerprint density at radius 3 is 2.48 bits per heavy atom. The Kier molecular flexibility index (Phi) is 5.28. The number of nitrogens with one attached hydrogen (secondary N) is 2. The molecule has 0 saturated heterocycles. The van der Waals surface area contributed by atoms with E-state index in [0.29, 0.717) is 29.1 Å². The lowest BCUT2D eigenvalue weighted by Crippen LogP contribution is -2.30. The SMILES string of the molecule is Cc1ncccc1C(=O)Nc1ccc(C(=O)N2Cc3cccnc3Nc3ccccc32)cc1. The fourth-order valence-electron chi connectivity index (χ4n) is 3.83. The first kappa shape index (κ1) is 20.4. The van der Waals surface area contributed by atoms with Crippen LogP contribution in [0.5, 0.6) is 0 Å². The van der Waals surface area contributed by atoms with Crippen LogP contribution in [-0.4, -0.2) is 21.8 Å². The van der Waals surface area contributed by atoms with Gasteiger partial charge >= 0.3 is 0 Å². The first-order valence-electron chi connectivity index (χ1n) is 10.5. The number of hydrogen-bond acceptors (Lipinski definition) is 5. The second-order valence-corrected chi connectivity index (χ2v) is 7.71. The van der Waals surface area contributed by atoms with Gasteiger partial charge in [0.15, 0.2) is 0 Å². The van der Waals surface area contributed by atoms with Crippen LogP contribution in [0.25, 0.3) is 0 Å². The molecule has 0 unspecified atom stereocenters. The molecular weight excluding hydrogens is 414 g/mol. The number of benzene rings is 2. The molecule has 162 valence electrons. The first-order valence-corrected chi connectivity index (χ1v) is 10.5. The second kappa shape index (κ2) is 8.55. The van der Waals surface area contributed by atoms with Crippen molar-refractivity contribution in [2.75, 3.05) is 15.5 Å². The molecule has 3 heterocycles. The zero-order chi connectivity index (χ0) is 22.8. The van der Waals surface area contributed by atoms with E-state index in [1.54, 1.807) is 60.6 Å². The summed E-state index contributed by atoms with van der Waals surface area (Å²) < 4.78 is 0. The zero-order valence-corrected chi connectivity index (χ0v) is 17.9. The van der Waals surface area contributed by atoms with Gasteiger partial charge in [-0.25, -0.2) is 4.98 Å². The minimum atomic E-state index is -0.240. The predicted octanol–water partition coefficient (Wildman–Crippen LogP) is 4.94. The van der Waals surface area contributed by atoms with Gasteiger partial charge in [-0.1, -0.05) is 18.2 Å². The lowest BCUT2D eigenvalue weighted by molar-refractivity contribution is 0.0984. The predicted molar refractivity (Wildman–Crippen MR) is 128 cm³/mol. The van der Waals surface area contributed by atoms with Gasteiger partial charge in [-0.2, -0.15) is 0 Å². The Morgan fingerprint density at radius 1 is 0.909 bits per heavy atom. The number of carbonyl (C=O) groups is 2. The maximum absolute atomic E-state index is 13.5. The van der Waals surface area contributed by atoms with E-state index in [2.05, 4.69) is 20.6 Å². The van der Waals surface area contributed by atoms with Crippen LogP contribution in [0, 0.1) is 6.92 Å². The van der Waals surface area contributed by atoms with Crippen LogP contribution in [0.15, 0.2) is 85.2 Å². The molecule has 0 aliphatic carbocycles. The Balaban J connectivity index is 1.40. The fourth-order valence-corrected chi connectivity index (χ4v) is 3.83. The van der Waals surface area contributed by atoms with Crippen molar-refractivity contribution in [3.8, 4) is 0 Å². The number of para-hydroxylation sites is 2. The molecule has 7 heteroatoms. The topological polar surface area (TPSA) is 87.2 Å². The number of aryl methyl sites for hydroxylation is 1. The minimum absolute atomic E-state index is 0.137. The molecule has 0 spiro atoms. The molecule has 2 N–H and O–H groups in total. The smallest absolute Gasteiger partial charge is 0.258 e. The Morgan fingerprint density at radius 2 is 1.67 bits per heavy atom. The largest absolute Gasteiger partial charge is 0.338 e. The summed E-state index contributed by atoms with van der Waals surface area (Å²) in [7, 11) is 0. The third-order valence-electron chi connectivity index (χ3n) is 5.55. The summed E-state index contributed by atoms with van der Waals surface area (Å²) in [6, 6.07) is 21.9. The molecule has 7 nitrogen and oxygen atoms in total. The van der Waals surface area contributed by atoms with Crippen LogP contribution in [0.2, 0.25) is 0 Å². The maximum Gasteiger partial charge on any atom is 0.258 e. The average molecular weight is 435 g/mol. The number of rotatable bonds is 3. The molecule has 4 aromatic rings. The number of nitrogens with zero attached hydrogens (tertiary/aromatic N) is 3. The van der Waals surface area contributed by atoms with Crippen molar-refractivity contribution in [2.45, 2.75) is 13.5 Å². The average Bonchev–Trinajstić information content (AvgIpc) is 3.01. The highest BCUT2D eigenvalue weighted by Gasteiger charge is 2.25. The first-order chi connectivity index (χ1) is 16.1. The summed E-state index contributed by atoms with van der Waals surface area (Å²) in [4.78, 5) is 36.4. The highest BCUT2D eigenvalue weighted by Crippen LogP contribution is 2.35. The number of amides is 2. The van der Waals surface area contributed by atoms with Crippen molar-refractivity contribution in [3.05, 3.63) is 108 Å². The molecular formula is C26H21N5O2. The van der Waals surface area contributed by atoms with E-state index in [1.165, 1.54) is 0 Å². The van der Waals surface area contributed by atoms with Gasteiger partial charge in [0.1, 0.15) is 5.82 Å². The summed E-state index contributed by atoms with van der Waals surface area (Å²) in [5, 5.41) is 6.19. The van der Waals surface area contributed by atoms with E-state index < -0.39 is 0 Å². The van der Waals surface area contributed by atoms with E-state index >= 15 is 0 Å². The van der Waals surface area contributed by atoms with Crippen LogP contribution >= 0.6 is 0 Å². The molecule has 0 radical (unpaired) electrons. The zero-order valence-electron chi connectivity index (χ0n) is 17.9. The number of aromatic nitrogens is 2. The van der Waals surface area contributed by atoms with Crippen molar-refractivity contribution < 1.29 is 9.59 Å². The van der Waals surface area contributed by atoms with Gasteiger partial charge in [-0.05, 0) is 61.5 Å². The fraction of sp³-hybridized carbons (Fsp3) is 0.0769. The number of anilines is 4. The molecule has 0 atom stereocenters. The summed E-state index contributed by atoms with van der Waals surface area (Å²) in [6.45, 7) is 2.18. The van der Waals surface area contributed by atoms with Gasteiger partial charge in [-0.15, -0.1) is 0 Å². The molecule has 1 aliphatic heterocycles. The summed E-state index contributed by atoms with van der Waals surface area (Å²) in [5.74, 6) is 0.363. The normalized spacial score (nSPS) is 12.1. The lowest BCUT2D eigenvalue weighted by Gasteiger charge is -2.23. The van der Waals surface area contributed by atoms with Gasteiger partial charge in [0.25, 0.3) is 11.8 Å². The highest BCUT2D eigenvalue weighted by molar-refractivity contribution is 6.09. The number of fused-ring (bicyclic) bond motifs is 2. The highest BCUT2D eigenvalue weighted by atomic mass is 16.2. The van der Waals surface area contributed by atoms with Gasteiger partial charge in [-0.3, -0.25) is 14.6 Å². The van der Waals surface area contributed by atoms with Crippen LogP contribution in [-0.2, 0) is 6.54 Å². The molecule has 0 fully saturated rings. The van der Waals surface area contributed by atoms with Crippen molar-refractivity contribution >= 4 is 34.7 Å². The lowest BCUT2D eigenvalue weighted by atomic mass is 10.1. The van der Waals surface area contributed by atoms with Crippen molar-refractivity contribution in [1.29, 1.82) is 0 Å². The summed E-state index contributed by atoms with van der Waals surface area (Å²) >= 11 is 0. The van der Waals surface area contributed by atoms with E-state index in [0.717, 1.165) is 22.8 Å². The summed E-state index contributed by atoms with van der Waals surface area (Å²) in [5.41, 5.74) is 4.82. The van der Waals surface area contributed by atoms with Crippen LogP contribution < -0.4 is 15.5 Å². The molecule has 33 heavy (non-hydrogen) atoms. The Hall–Kier alpha value is -4.52. The minimum Gasteiger partial charge on any atom is -0.338 e. The Bertz CT molecular complexity index is 1350. The van der Waals surface area contributed by atoms with E-state index in [1.807, 2.05) is 36.4 Å². The van der Waals surface area contributed by atoms with E-state index in [9.17, 15) is 9.59 Å². The molecule has 2 aromatic heterocycles. The molecule has 2 amide bonds. The Labute approximate surface area is 191 Å². The van der Waals surface area contributed by atoms with Gasteiger partial charge in [0.2, 0.25) is 0 Å². The molecule has 1 aliphatic rings. The number of carbonyl (C=O) groups excluding carboxylic acids is 2. The third kappa shape index (κ3) is 4.04. The van der Waals surface area contributed by atoms with Gasteiger partial charge < -0.3 is 15.5 Å². The van der Waals surface area contributed by atoms with E-state index in [-0.39, 0.29) is 11.8 Å². The molecule has 2 aromatic carbocycles. The van der Waals surface area contributed by atoms with Crippen molar-refractivity contribution in [1.82, 2.24) is 9.97 Å². The van der Waals surface area contributed by atoms with E-state index in [4.69, 9.17) is 0 Å². The number of hydrogen-bond donors (Lipinski definition) is 2. The van der Waals surface area contributed by atoms with Crippen LogP contribution in [0.3, 0.4) is 0 Å².